The topological polar surface area (TPSA) is 57.1 Å². The second-order valence-electron chi connectivity index (χ2n) is 14.7. The van der Waals surface area contributed by atoms with Crippen LogP contribution in [0, 0.1) is 17.3 Å². The van der Waals surface area contributed by atoms with Gasteiger partial charge >= 0.3 is 5.97 Å². The number of carbonyl (C=O) groups excluding carboxylic acids is 1. The number of hydrogen-bond acceptors (Lipinski definition) is 6. The molecule has 0 bridgehead atoms. The maximum Gasteiger partial charge on any atom is 0.333 e. The zero-order valence-corrected chi connectivity index (χ0v) is 31.5. The third-order valence-corrected chi connectivity index (χ3v) is 19.8. The van der Waals surface area contributed by atoms with E-state index in [4.69, 9.17) is 18.6 Å². The molecular weight excluding hydrogens is 551 g/mol. The van der Waals surface area contributed by atoms with Gasteiger partial charge in [0.15, 0.2) is 16.6 Å². The van der Waals surface area contributed by atoms with Crippen molar-refractivity contribution < 1.29 is 18.4 Å². The van der Waals surface area contributed by atoms with Crippen molar-refractivity contribution in [2.24, 2.45) is 22.2 Å². The maximum absolute atomic E-state index is 11.9. The molecule has 0 amide bonds. The minimum atomic E-state index is -2.01. The predicted octanol–water partition coefficient (Wildman–Crippen LogP) is 9.50. The highest BCUT2D eigenvalue weighted by atomic mass is 32.2. The Labute approximate surface area is 254 Å². The average molecular weight is 614 g/mol. The molecule has 1 aliphatic rings. The summed E-state index contributed by atoms with van der Waals surface area (Å²) in [4.78, 5) is 17.0. The molecule has 0 N–H and O–H groups in total. The number of hydrogen-bond donors (Lipinski definition) is 0. The molecule has 5 atom stereocenters. The van der Waals surface area contributed by atoms with Crippen molar-refractivity contribution in [1.82, 2.24) is 0 Å². The zero-order valence-electron chi connectivity index (χ0n) is 28.7. The summed E-state index contributed by atoms with van der Waals surface area (Å²) in [7, 11) is -2.30. The number of ether oxygens (including phenoxy) is 1. The van der Waals surface area contributed by atoms with Gasteiger partial charge in [0.25, 0.3) is 0 Å². The van der Waals surface area contributed by atoms with Crippen molar-refractivity contribution in [2.75, 3.05) is 12.9 Å². The highest BCUT2D eigenvalue weighted by molar-refractivity contribution is 8.14. The minimum Gasteiger partial charge on any atom is -0.466 e. The summed E-state index contributed by atoms with van der Waals surface area (Å²) in [6.07, 6.45) is 4.32. The first-order valence-electron chi connectivity index (χ1n) is 15.6. The summed E-state index contributed by atoms with van der Waals surface area (Å²) in [5, 5.41) is 1.28. The molecule has 0 aromatic rings. The van der Waals surface area contributed by atoms with Gasteiger partial charge in [-0.2, -0.15) is 0 Å². The van der Waals surface area contributed by atoms with Gasteiger partial charge in [0, 0.05) is 17.2 Å². The first-order chi connectivity index (χ1) is 18.3. The lowest BCUT2D eigenvalue weighted by Gasteiger charge is -2.43. The van der Waals surface area contributed by atoms with E-state index in [0.717, 1.165) is 23.6 Å². The smallest absolute Gasteiger partial charge is 0.333 e. The molecule has 0 spiro atoms. The number of methoxy groups -OCH3 is 1. The maximum atomic E-state index is 11.9. The van der Waals surface area contributed by atoms with Crippen LogP contribution in [0.2, 0.25) is 36.3 Å². The Morgan fingerprint density at radius 3 is 2.02 bits per heavy atom. The molecule has 0 aromatic heterocycles. The molecule has 0 fully saturated rings. The van der Waals surface area contributed by atoms with Gasteiger partial charge in [-0.25, -0.2) is 4.79 Å². The van der Waals surface area contributed by atoms with Crippen LogP contribution in [-0.2, 0) is 18.4 Å². The number of thioether (sulfide) groups is 1. The summed E-state index contributed by atoms with van der Waals surface area (Å²) in [6, 6.07) is 3.53. The van der Waals surface area contributed by atoms with E-state index in [-0.39, 0.29) is 40.6 Å². The molecule has 0 aromatic carbocycles. The summed E-state index contributed by atoms with van der Waals surface area (Å²) < 4.78 is 19.2. The molecule has 0 aliphatic carbocycles. The summed E-state index contributed by atoms with van der Waals surface area (Å²) in [6.45, 7) is 32.1. The van der Waals surface area contributed by atoms with Crippen LogP contribution in [0.5, 0.6) is 0 Å². The summed E-state index contributed by atoms with van der Waals surface area (Å²) in [5.74, 6) is 1.23. The van der Waals surface area contributed by atoms with Gasteiger partial charge in [0.05, 0.1) is 30.4 Å². The van der Waals surface area contributed by atoms with Crippen LogP contribution in [0.3, 0.4) is 0 Å². The number of esters is 1. The van der Waals surface area contributed by atoms with Crippen molar-refractivity contribution >= 4 is 39.4 Å². The van der Waals surface area contributed by atoms with E-state index in [2.05, 4.69) is 89.3 Å². The molecule has 40 heavy (non-hydrogen) atoms. The van der Waals surface area contributed by atoms with E-state index in [9.17, 15) is 4.79 Å². The molecule has 0 unspecified atom stereocenters. The molecule has 5 nitrogen and oxygen atoms in total. The van der Waals surface area contributed by atoms with Gasteiger partial charge in [0.2, 0.25) is 0 Å². The largest absolute Gasteiger partial charge is 0.466 e. The van der Waals surface area contributed by atoms with Gasteiger partial charge in [-0.15, -0.1) is 11.8 Å². The Morgan fingerprint density at radius 1 is 1.02 bits per heavy atom. The van der Waals surface area contributed by atoms with E-state index < -0.39 is 16.6 Å². The van der Waals surface area contributed by atoms with Crippen molar-refractivity contribution in [3.8, 4) is 0 Å². The second kappa shape index (κ2) is 15.4. The van der Waals surface area contributed by atoms with Crippen LogP contribution in [0.25, 0.3) is 0 Å². The van der Waals surface area contributed by atoms with Gasteiger partial charge in [-0.1, -0.05) is 76.2 Å². The molecule has 0 saturated carbocycles. The Morgan fingerprint density at radius 2 is 1.57 bits per heavy atom. The Hall–Kier alpha value is -0.416. The summed E-state index contributed by atoms with van der Waals surface area (Å²) >= 11 is 1.81. The van der Waals surface area contributed by atoms with E-state index >= 15 is 0 Å². The van der Waals surface area contributed by atoms with Crippen LogP contribution in [-0.4, -0.2) is 58.8 Å². The molecule has 234 valence electrons. The highest BCUT2D eigenvalue weighted by Crippen LogP contribution is 2.41. The third kappa shape index (κ3) is 10.7. The van der Waals surface area contributed by atoms with Crippen molar-refractivity contribution in [2.45, 2.75) is 150 Å². The first kappa shape index (κ1) is 37.6. The monoisotopic (exact) mass is 613 g/mol. The van der Waals surface area contributed by atoms with E-state index in [1.54, 1.807) is 6.92 Å². The van der Waals surface area contributed by atoms with E-state index in [1.165, 1.54) is 25.2 Å². The lowest BCUT2D eigenvalue weighted by atomic mass is 9.82. The molecule has 0 radical (unpaired) electrons. The van der Waals surface area contributed by atoms with Gasteiger partial charge in [-0.05, 0) is 73.4 Å². The lowest BCUT2D eigenvalue weighted by Crippen LogP contribution is -2.47. The average Bonchev–Trinajstić information content (AvgIpc) is 3.32. The Kier molecular flexibility index (Phi) is 14.4. The Balaban J connectivity index is 3.26. The number of rotatable bonds is 15. The van der Waals surface area contributed by atoms with E-state index in [0.29, 0.717) is 11.5 Å². The van der Waals surface area contributed by atoms with Crippen molar-refractivity contribution in [1.29, 1.82) is 0 Å². The number of nitrogens with zero attached hydrogens (tertiary/aromatic N) is 1. The van der Waals surface area contributed by atoms with Crippen LogP contribution in [0.4, 0.5) is 0 Å². The molecule has 1 aliphatic heterocycles. The van der Waals surface area contributed by atoms with Gasteiger partial charge in [0.1, 0.15) is 0 Å². The first-order valence-corrected chi connectivity index (χ1v) is 22.0. The molecule has 1 heterocycles. The third-order valence-electron chi connectivity index (χ3n) is 9.39. The lowest BCUT2D eigenvalue weighted by molar-refractivity contribution is -0.136. The van der Waals surface area contributed by atoms with Crippen LogP contribution in [0.1, 0.15) is 95.9 Å². The highest BCUT2D eigenvalue weighted by Gasteiger charge is 2.42. The fraction of sp³-hybridized carbons (Fsp3) is 0.875. The molecular formula is C32H63NO4SSi2. The van der Waals surface area contributed by atoms with Gasteiger partial charge < -0.3 is 13.6 Å². The standard InChI is InChI=1S/C32H63NO4SSi2/c1-16-40(17-2,18-3)37-28(31(7,8)9)20-23(4)19-27(36-39(14,15)32(10,11)12)25(6)29-33-26(22-38-29)21-24(5)30(34)35-13/h21,23,25-28H,16-20,22H2,1-15H3/b24-21+/t23-,25-,26-,27-,28-/m0/s1. The predicted molar refractivity (Wildman–Crippen MR) is 181 cm³/mol. The van der Waals surface area contributed by atoms with Crippen molar-refractivity contribution in [3.63, 3.8) is 0 Å². The quantitative estimate of drug-likeness (QED) is 0.105. The normalized spacial score (nSPS) is 20.6. The van der Waals surface area contributed by atoms with Crippen LogP contribution >= 0.6 is 11.8 Å². The van der Waals surface area contributed by atoms with E-state index in [1.807, 2.05) is 17.8 Å². The molecule has 8 heteroatoms. The SMILES string of the molecule is CC[Si](CC)(CC)O[C@@H](C[C@@H](C)C[C@H](O[Si](C)(C)C(C)(C)C)[C@H](C)C1=N[C@@H](/C=C(\C)C(=O)OC)CS1)C(C)(C)C. The molecule has 0 saturated heterocycles. The number of carbonyl (C=O) groups is 1. The number of aliphatic imine (C=N–C) groups is 1. The van der Waals surface area contributed by atoms with Crippen LogP contribution in [0.15, 0.2) is 16.6 Å². The Bertz CT molecular complexity index is 863. The summed E-state index contributed by atoms with van der Waals surface area (Å²) in [5.41, 5.74) is 0.711. The van der Waals surface area contributed by atoms with Crippen molar-refractivity contribution in [3.05, 3.63) is 11.6 Å². The van der Waals surface area contributed by atoms with Gasteiger partial charge in [-0.3, -0.25) is 4.99 Å². The molecule has 1 rings (SSSR count). The second-order valence-corrected chi connectivity index (χ2v) is 25.2. The minimum absolute atomic E-state index is 0.00128. The van der Waals surface area contributed by atoms with Crippen LogP contribution < -0.4 is 0 Å². The zero-order chi connectivity index (χ0) is 31.1. The fourth-order valence-corrected chi connectivity index (χ4v) is 10.7. The fourth-order valence-electron chi connectivity index (χ4n) is 5.07.